The molecule has 1 amide bonds. The fourth-order valence-corrected chi connectivity index (χ4v) is 1.80. The number of carbonyl (C=O) groups is 1. The summed E-state index contributed by atoms with van der Waals surface area (Å²) >= 11 is 0. The first-order valence-electron chi connectivity index (χ1n) is 5.57. The maximum atomic E-state index is 11.5. The fourth-order valence-electron chi connectivity index (χ4n) is 1.80. The molecule has 0 saturated carbocycles. The third-order valence-corrected chi connectivity index (χ3v) is 2.66. The van der Waals surface area contributed by atoms with Crippen molar-refractivity contribution in [2.24, 2.45) is 0 Å². The summed E-state index contributed by atoms with van der Waals surface area (Å²) in [4.78, 5) is 13.2. The Bertz CT molecular complexity index is 324. The lowest BCUT2D eigenvalue weighted by molar-refractivity contribution is 0.111. The van der Waals surface area contributed by atoms with Crippen LogP contribution in [0.5, 0.6) is 0 Å². The van der Waals surface area contributed by atoms with Crippen molar-refractivity contribution in [3.63, 3.8) is 0 Å². The smallest absolute Gasteiger partial charge is 0.409 e. The van der Waals surface area contributed by atoms with Crippen molar-refractivity contribution in [3.8, 4) is 0 Å². The quantitative estimate of drug-likeness (QED) is 0.782. The molecule has 0 radical (unpaired) electrons. The lowest BCUT2D eigenvalue weighted by Crippen LogP contribution is -2.39. The van der Waals surface area contributed by atoms with Crippen LogP contribution in [0.2, 0.25) is 0 Å². The van der Waals surface area contributed by atoms with Gasteiger partial charge < -0.3 is 9.64 Å². The predicted molar refractivity (Wildman–Crippen MR) is 64.4 cm³/mol. The maximum Gasteiger partial charge on any atom is 0.409 e. The summed E-state index contributed by atoms with van der Waals surface area (Å²) in [5, 5.41) is 0. The van der Waals surface area contributed by atoms with Gasteiger partial charge in [0.15, 0.2) is 0 Å². The molecule has 1 aromatic rings. The Hall–Kier alpha value is -1.51. The van der Waals surface area contributed by atoms with Gasteiger partial charge in [-0.05, 0) is 25.8 Å². The summed E-state index contributed by atoms with van der Waals surface area (Å²) < 4.78 is 4.75. The molecular formula is C13H19NO2. The van der Waals surface area contributed by atoms with E-state index in [1.807, 2.05) is 32.0 Å². The first-order chi connectivity index (χ1) is 7.69. The molecule has 1 rings (SSSR count). The Labute approximate surface area is 97.0 Å². The van der Waals surface area contributed by atoms with Crippen LogP contribution in [0.15, 0.2) is 30.3 Å². The van der Waals surface area contributed by atoms with Crippen molar-refractivity contribution in [1.82, 2.24) is 4.90 Å². The van der Waals surface area contributed by atoms with Gasteiger partial charge >= 0.3 is 6.09 Å². The second-order valence-corrected chi connectivity index (χ2v) is 3.79. The van der Waals surface area contributed by atoms with E-state index < -0.39 is 0 Å². The van der Waals surface area contributed by atoms with Crippen molar-refractivity contribution in [2.45, 2.75) is 26.3 Å². The average molecular weight is 221 g/mol. The topological polar surface area (TPSA) is 29.5 Å². The Morgan fingerprint density at radius 1 is 1.38 bits per heavy atom. The Balaban J connectivity index is 2.63. The molecule has 0 fully saturated rings. The van der Waals surface area contributed by atoms with E-state index in [0.717, 1.165) is 6.42 Å². The zero-order valence-electron chi connectivity index (χ0n) is 10.1. The van der Waals surface area contributed by atoms with E-state index in [4.69, 9.17) is 4.74 Å². The number of hydrogen-bond acceptors (Lipinski definition) is 2. The summed E-state index contributed by atoms with van der Waals surface area (Å²) in [6, 6.07) is 10.3. The molecule has 0 heterocycles. The molecule has 0 saturated heterocycles. The van der Waals surface area contributed by atoms with Crippen molar-refractivity contribution in [3.05, 3.63) is 35.9 Å². The zero-order chi connectivity index (χ0) is 12.0. The van der Waals surface area contributed by atoms with E-state index in [2.05, 4.69) is 12.1 Å². The van der Waals surface area contributed by atoms with Crippen molar-refractivity contribution in [1.29, 1.82) is 0 Å². The SMILES string of the molecule is CCN(C(=O)OC)C(C)Cc1ccccc1. The van der Waals surface area contributed by atoms with Crippen LogP contribution < -0.4 is 0 Å². The van der Waals surface area contributed by atoms with Gasteiger partial charge in [0.25, 0.3) is 0 Å². The summed E-state index contributed by atoms with van der Waals surface area (Å²) in [5.74, 6) is 0. The molecule has 0 aliphatic heterocycles. The highest BCUT2D eigenvalue weighted by atomic mass is 16.5. The average Bonchev–Trinajstić information content (AvgIpc) is 2.31. The first kappa shape index (κ1) is 12.6. The van der Waals surface area contributed by atoms with Gasteiger partial charge in [-0.3, -0.25) is 0 Å². The standard InChI is InChI=1S/C13H19NO2/c1-4-14(13(15)16-3)11(2)10-12-8-6-5-7-9-12/h5-9,11H,4,10H2,1-3H3. The van der Waals surface area contributed by atoms with Crippen LogP contribution in [0.1, 0.15) is 19.4 Å². The lowest BCUT2D eigenvalue weighted by atomic mass is 10.1. The summed E-state index contributed by atoms with van der Waals surface area (Å²) in [6.07, 6.45) is 0.593. The normalized spacial score (nSPS) is 11.9. The molecule has 3 heteroatoms. The third-order valence-electron chi connectivity index (χ3n) is 2.66. The lowest BCUT2D eigenvalue weighted by Gasteiger charge is -2.26. The third kappa shape index (κ3) is 3.26. The summed E-state index contributed by atoms with van der Waals surface area (Å²) in [6.45, 7) is 4.66. The Morgan fingerprint density at radius 3 is 2.50 bits per heavy atom. The van der Waals surface area contributed by atoms with Crippen LogP contribution in [-0.2, 0) is 11.2 Å². The van der Waals surface area contributed by atoms with E-state index in [1.54, 1.807) is 4.90 Å². The number of hydrogen-bond donors (Lipinski definition) is 0. The van der Waals surface area contributed by atoms with Gasteiger partial charge in [-0.25, -0.2) is 4.79 Å². The summed E-state index contributed by atoms with van der Waals surface area (Å²) in [5.41, 5.74) is 1.23. The van der Waals surface area contributed by atoms with Crippen LogP contribution in [0.3, 0.4) is 0 Å². The molecule has 0 aromatic heterocycles. The zero-order valence-corrected chi connectivity index (χ0v) is 10.1. The minimum atomic E-state index is -0.258. The predicted octanol–water partition coefficient (Wildman–Crippen LogP) is 2.71. The van der Waals surface area contributed by atoms with Crippen LogP contribution in [0.25, 0.3) is 0 Å². The number of methoxy groups -OCH3 is 1. The Kier molecular flexibility index (Phi) is 4.83. The van der Waals surface area contributed by atoms with Gasteiger partial charge in [-0.2, -0.15) is 0 Å². The molecule has 0 bridgehead atoms. The number of rotatable bonds is 4. The molecule has 1 unspecified atom stereocenters. The molecule has 0 N–H and O–H groups in total. The van der Waals surface area contributed by atoms with Crippen molar-refractivity contribution >= 4 is 6.09 Å². The number of likely N-dealkylation sites (N-methyl/N-ethyl adjacent to an activating group) is 1. The number of amides is 1. The molecule has 0 aliphatic carbocycles. The minimum Gasteiger partial charge on any atom is -0.453 e. The highest BCUT2D eigenvalue weighted by molar-refractivity contribution is 5.67. The van der Waals surface area contributed by atoms with E-state index in [1.165, 1.54) is 12.7 Å². The monoisotopic (exact) mass is 221 g/mol. The highest BCUT2D eigenvalue weighted by Gasteiger charge is 2.18. The van der Waals surface area contributed by atoms with Gasteiger partial charge in [-0.1, -0.05) is 30.3 Å². The maximum absolute atomic E-state index is 11.5. The van der Waals surface area contributed by atoms with Gasteiger partial charge in [0, 0.05) is 12.6 Å². The molecular weight excluding hydrogens is 202 g/mol. The minimum absolute atomic E-state index is 0.153. The summed E-state index contributed by atoms with van der Waals surface area (Å²) in [7, 11) is 1.42. The van der Waals surface area contributed by atoms with Crippen LogP contribution >= 0.6 is 0 Å². The van der Waals surface area contributed by atoms with Gasteiger partial charge in [0.2, 0.25) is 0 Å². The molecule has 88 valence electrons. The molecule has 16 heavy (non-hydrogen) atoms. The largest absolute Gasteiger partial charge is 0.453 e. The van der Waals surface area contributed by atoms with Gasteiger partial charge in [-0.15, -0.1) is 0 Å². The van der Waals surface area contributed by atoms with E-state index in [9.17, 15) is 4.79 Å². The molecule has 0 spiro atoms. The highest BCUT2D eigenvalue weighted by Crippen LogP contribution is 2.09. The van der Waals surface area contributed by atoms with Crippen molar-refractivity contribution < 1.29 is 9.53 Å². The van der Waals surface area contributed by atoms with Crippen LogP contribution in [-0.4, -0.2) is 30.7 Å². The molecule has 1 aromatic carbocycles. The molecule has 1 atom stereocenters. The van der Waals surface area contributed by atoms with Crippen LogP contribution in [0, 0.1) is 0 Å². The van der Waals surface area contributed by atoms with E-state index in [0.29, 0.717) is 6.54 Å². The fraction of sp³-hybridized carbons (Fsp3) is 0.462. The molecule has 3 nitrogen and oxygen atoms in total. The van der Waals surface area contributed by atoms with E-state index >= 15 is 0 Å². The van der Waals surface area contributed by atoms with E-state index in [-0.39, 0.29) is 12.1 Å². The molecule has 0 aliphatic rings. The van der Waals surface area contributed by atoms with Crippen molar-refractivity contribution in [2.75, 3.05) is 13.7 Å². The first-order valence-corrected chi connectivity index (χ1v) is 5.57. The Morgan fingerprint density at radius 2 is 2.00 bits per heavy atom. The number of carbonyl (C=O) groups excluding carboxylic acids is 1. The van der Waals surface area contributed by atoms with Gasteiger partial charge in [0.1, 0.15) is 0 Å². The van der Waals surface area contributed by atoms with Gasteiger partial charge in [0.05, 0.1) is 7.11 Å². The van der Waals surface area contributed by atoms with Crippen LogP contribution in [0.4, 0.5) is 4.79 Å². The second kappa shape index (κ2) is 6.16. The number of nitrogens with zero attached hydrogens (tertiary/aromatic N) is 1. The number of ether oxygens (including phenoxy) is 1. The second-order valence-electron chi connectivity index (χ2n) is 3.79. The number of benzene rings is 1.